The van der Waals surface area contributed by atoms with Gasteiger partial charge in [-0.15, -0.1) is 0 Å². The van der Waals surface area contributed by atoms with Crippen molar-refractivity contribution >= 4 is 22.9 Å². The number of nitrogens with two attached hydrogens (primary N) is 1. The third-order valence-electron chi connectivity index (χ3n) is 4.89. The lowest BCUT2D eigenvalue weighted by Gasteiger charge is -2.21. The molecule has 0 spiro atoms. The summed E-state index contributed by atoms with van der Waals surface area (Å²) < 4.78 is 42.7. The summed E-state index contributed by atoms with van der Waals surface area (Å²) in [7, 11) is 0. The van der Waals surface area contributed by atoms with Gasteiger partial charge in [-0.05, 0) is 30.5 Å². The number of rotatable bonds is 7. The summed E-state index contributed by atoms with van der Waals surface area (Å²) >= 11 is 0. The second kappa shape index (κ2) is 7.67. The SMILES string of the molecule is Nc1cc(F)c(N[C@@H](CO)c2ccc(F)cc2)c(F)c1Nc1cc(C2CC2)[nH]n1. The number of halogens is 3. The van der Waals surface area contributed by atoms with Gasteiger partial charge in [0, 0.05) is 23.7 Å². The molecule has 1 aliphatic rings. The van der Waals surface area contributed by atoms with Crippen molar-refractivity contribution in [1.29, 1.82) is 0 Å². The number of benzene rings is 2. The summed E-state index contributed by atoms with van der Waals surface area (Å²) in [4.78, 5) is 0. The molecule has 0 unspecified atom stereocenters. The van der Waals surface area contributed by atoms with Crippen LogP contribution in [0.5, 0.6) is 0 Å². The molecule has 1 heterocycles. The van der Waals surface area contributed by atoms with Crippen LogP contribution in [0.4, 0.5) is 36.1 Å². The van der Waals surface area contributed by atoms with Crippen molar-refractivity contribution in [1.82, 2.24) is 10.2 Å². The molecule has 1 saturated carbocycles. The zero-order valence-electron chi connectivity index (χ0n) is 15.3. The minimum atomic E-state index is -0.945. The summed E-state index contributed by atoms with van der Waals surface area (Å²) in [6, 6.07) is 7.18. The lowest BCUT2D eigenvalue weighted by molar-refractivity contribution is 0.275. The number of aliphatic hydroxyl groups excluding tert-OH is 1. The van der Waals surface area contributed by atoms with E-state index >= 15 is 4.39 Å². The van der Waals surface area contributed by atoms with Crippen molar-refractivity contribution in [3.05, 3.63) is 65.1 Å². The van der Waals surface area contributed by atoms with Gasteiger partial charge in [0.05, 0.1) is 18.3 Å². The molecule has 1 fully saturated rings. The molecule has 2 aromatic carbocycles. The Morgan fingerprint density at radius 3 is 2.52 bits per heavy atom. The molecule has 6 nitrogen and oxygen atoms in total. The lowest BCUT2D eigenvalue weighted by Crippen LogP contribution is -2.17. The zero-order valence-corrected chi connectivity index (χ0v) is 15.3. The Balaban J connectivity index is 1.62. The first kappa shape index (κ1) is 19.1. The maximum atomic E-state index is 15.1. The predicted molar refractivity (Wildman–Crippen MR) is 104 cm³/mol. The van der Waals surface area contributed by atoms with Gasteiger partial charge in [-0.1, -0.05) is 12.1 Å². The second-order valence-corrected chi connectivity index (χ2v) is 7.05. The quantitative estimate of drug-likeness (QED) is 0.381. The third kappa shape index (κ3) is 4.00. The van der Waals surface area contributed by atoms with E-state index in [-0.39, 0.29) is 11.4 Å². The highest BCUT2D eigenvalue weighted by Gasteiger charge is 2.26. The van der Waals surface area contributed by atoms with Crippen LogP contribution < -0.4 is 16.4 Å². The van der Waals surface area contributed by atoms with Gasteiger partial charge < -0.3 is 21.5 Å². The topological polar surface area (TPSA) is 99.0 Å². The number of aromatic nitrogens is 2. The van der Waals surface area contributed by atoms with Gasteiger partial charge in [0.2, 0.25) is 0 Å². The Labute approximate surface area is 164 Å². The van der Waals surface area contributed by atoms with Crippen LogP contribution >= 0.6 is 0 Å². The predicted octanol–water partition coefficient (Wildman–Crippen LogP) is 4.18. The lowest BCUT2D eigenvalue weighted by atomic mass is 10.1. The molecule has 0 aliphatic heterocycles. The monoisotopic (exact) mass is 403 g/mol. The number of hydrogen-bond donors (Lipinski definition) is 5. The fourth-order valence-corrected chi connectivity index (χ4v) is 3.13. The number of hydrogen-bond acceptors (Lipinski definition) is 5. The molecule has 6 N–H and O–H groups in total. The fourth-order valence-electron chi connectivity index (χ4n) is 3.13. The molecule has 0 amide bonds. The van der Waals surface area contributed by atoms with Gasteiger partial charge in [0.15, 0.2) is 17.5 Å². The van der Waals surface area contributed by atoms with Gasteiger partial charge >= 0.3 is 0 Å². The molecule has 0 bridgehead atoms. The average Bonchev–Trinajstić information content (AvgIpc) is 3.45. The maximum absolute atomic E-state index is 15.1. The summed E-state index contributed by atoms with van der Waals surface area (Å²) in [5.74, 6) is -1.50. The standard InChI is InChI=1S/C20H20F3N5O/c21-12-5-3-11(4-6-12)16(9-29)25-19-13(22)7-14(24)20(18(19)23)26-17-8-15(27-28-17)10-1-2-10/h3-8,10,16,25,29H,1-2,9,24H2,(H2,26,27,28)/t16-/m0/s1. The first-order valence-corrected chi connectivity index (χ1v) is 9.19. The van der Waals surface area contributed by atoms with E-state index in [1.165, 1.54) is 24.3 Å². The van der Waals surface area contributed by atoms with Crippen molar-refractivity contribution in [3.63, 3.8) is 0 Å². The van der Waals surface area contributed by atoms with E-state index in [2.05, 4.69) is 20.8 Å². The number of H-pyrrole nitrogens is 1. The maximum Gasteiger partial charge on any atom is 0.174 e. The minimum absolute atomic E-state index is 0.121. The van der Waals surface area contributed by atoms with Gasteiger partial charge in [-0.2, -0.15) is 5.10 Å². The van der Waals surface area contributed by atoms with Crippen LogP contribution in [0.1, 0.15) is 36.1 Å². The Bertz CT molecular complexity index is 1020. The molecule has 0 saturated heterocycles. The highest BCUT2D eigenvalue weighted by molar-refractivity contribution is 5.77. The fraction of sp³-hybridized carbons (Fsp3) is 0.250. The van der Waals surface area contributed by atoms with E-state index in [9.17, 15) is 13.9 Å². The van der Waals surface area contributed by atoms with E-state index in [1.54, 1.807) is 6.07 Å². The molecular formula is C20H20F3N5O. The van der Waals surface area contributed by atoms with Crippen molar-refractivity contribution < 1.29 is 18.3 Å². The molecule has 29 heavy (non-hydrogen) atoms. The molecule has 0 radical (unpaired) electrons. The number of aromatic amines is 1. The van der Waals surface area contributed by atoms with E-state index < -0.39 is 35.8 Å². The van der Waals surface area contributed by atoms with Crippen molar-refractivity contribution in [2.75, 3.05) is 23.0 Å². The number of aliphatic hydroxyl groups is 1. The van der Waals surface area contributed by atoms with Crippen LogP contribution in [0.3, 0.4) is 0 Å². The van der Waals surface area contributed by atoms with Gasteiger partial charge in [0.25, 0.3) is 0 Å². The third-order valence-corrected chi connectivity index (χ3v) is 4.89. The van der Waals surface area contributed by atoms with E-state index in [1.807, 2.05) is 0 Å². The van der Waals surface area contributed by atoms with E-state index in [0.29, 0.717) is 17.3 Å². The van der Waals surface area contributed by atoms with Crippen molar-refractivity contribution in [3.8, 4) is 0 Å². The van der Waals surface area contributed by atoms with Crippen LogP contribution in [0.15, 0.2) is 36.4 Å². The summed E-state index contributed by atoms with van der Waals surface area (Å²) in [5, 5.41) is 22.1. The van der Waals surface area contributed by atoms with Crippen molar-refractivity contribution in [2.45, 2.75) is 24.8 Å². The first-order valence-electron chi connectivity index (χ1n) is 9.19. The smallest absolute Gasteiger partial charge is 0.174 e. The van der Waals surface area contributed by atoms with Crippen molar-refractivity contribution in [2.24, 2.45) is 0 Å². The van der Waals surface area contributed by atoms with Crippen LogP contribution in [0.2, 0.25) is 0 Å². The van der Waals surface area contributed by atoms with Crippen LogP contribution in [0, 0.1) is 17.5 Å². The van der Waals surface area contributed by atoms with E-state index in [4.69, 9.17) is 5.73 Å². The Morgan fingerprint density at radius 1 is 1.14 bits per heavy atom. The molecule has 4 rings (SSSR count). The molecule has 1 aliphatic carbocycles. The Hall–Kier alpha value is -3.20. The summed E-state index contributed by atoms with van der Waals surface area (Å²) in [6.45, 7) is -0.457. The zero-order chi connectivity index (χ0) is 20.5. The summed E-state index contributed by atoms with van der Waals surface area (Å²) in [6.07, 6.45) is 2.16. The first-order chi connectivity index (χ1) is 14.0. The van der Waals surface area contributed by atoms with Gasteiger partial charge in [0.1, 0.15) is 17.2 Å². The van der Waals surface area contributed by atoms with Gasteiger partial charge in [-0.25, -0.2) is 13.2 Å². The van der Waals surface area contributed by atoms with Crippen LogP contribution in [-0.4, -0.2) is 21.9 Å². The number of nitrogens with zero attached hydrogens (tertiary/aromatic N) is 1. The van der Waals surface area contributed by atoms with Crippen LogP contribution in [-0.2, 0) is 0 Å². The molecular weight excluding hydrogens is 383 g/mol. The van der Waals surface area contributed by atoms with E-state index in [0.717, 1.165) is 24.6 Å². The Kier molecular flexibility index (Phi) is 5.06. The average molecular weight is 403 g/mol. The molecule has 1 aromatic heterocycles. The largest absolute Gasteiger partial charge is 0.397 e. The summed E-state index contributed by atoms with van der Waals surface area (Å²) in [5.41, 5.74) is 6.53. The van der Waals surface area contributed by atoms with Crippen LogP contribution in [0.25, 0.3) is 0 Å². The minimum Gasteiger partial charge on any atom is -0.397 e. The second-order valence-electron chi connectivity index (χ2n) is 7.05. The highest BCUT2D eigenvalue weighted by atomic mass is 19.1. The van der Waals surface area contributed by atoms with Gasteiger partial charge in [-0.3, -0.25) is 5.10 Å². The highest BCUT2D eigenvalue weighted by Crippen LogP contribution is 2.40. The molecule has 3 aromatic rings. The molecule has 152 valence electrons. The number of nitrogen functional groups attached to an aromatic ring is 1. The number of nitrogens with one attached hydrogen (secondary N) is 3. The number of anilines is 4. The molecule has 1 atom stereocenters. The normalized spacial score (nSPS) is 14.6. The Morgan fingerprint density at radius 2 is 1.86 bits per heavy atom. The molecule has 9 heteroatoms.